The van der Waals surface area contributed by atoms with Gasteiger partial charge >= 0.3 is 6.09 Å². The van der Waals surface area contributed by atoms with E-state index in [9.17, 15) is 9.18 Å². The van der Waals surface area contributed by atoms with Crippen molar-refractivity contribution in [3.8, 4) is 0 Å². The number of aryl methyl sites for hydroxylation is 1. The summed E-state index contributed by atoms with van der Waals surface area (Å²) < 4.78 is 18.3. The largest absolute Gasteiger partial charge is 0.444 e. The van der Waals surface area contributed by atoms with Gasteiger partial charge in [0.25, 0.3) is 0 Å². The van der Waals surface area contributed by atoms with Crippen molar-refractivity contribution in [1.82, 2.24) is 10.3 Å². The first-order valence-corrected chi connectivity index (χ1v) is 5.94. The summed E-state index contributed by atoms with van der Waals surface area (Å²) in [5.74, 6) is -0.310. The maximum absolute atomic E-state index is 13.2. The maximum Gasteiger partial charge on any atom is 0.407 e. The third-order valence-electron chi connectivity index (χ3n) is 2.15. The van der Waals surface area contributed by atoms with Crippen molar-refractivity contribution in [2.75, 3.05) is 6.54 Å². The molecule has 0 atom stereocenters. The number of halogens is 1. The SMILES string of the molecule is CC(C)(C)OC(=O)NCCCc1ccncc1F. The lowest BCUT2D eigenvalue weighted by Crippen LogP contribution is -2.33. The molecule has 1 N–H and O–H groups in total. The van der Waals surface area contributed by atoms with Gasteiger partial charge in [-0.05, 0) is 45.2 Å². The Balaban J connectivity index is 2.23. The monoisotopic (exact) mass is 254 g/mol. The number of ether oxygens (including phenoxy) is 1. The number of carbonyl (C=O) groups is 1. The molecule has 4 nitrogen and oxygen atoms in total. The summed E-state index contributed by atoms with van der Waals surface area (Å²) in [4.78, 5) is 15.0. The summed E-state index contributed by atoms with van der Waals surface area (Å²) in [7, 11) is 0. The quantitative estimate of drug-likeness (QED) is 0.840. The predicted octanol–water partition coefficient (Wildman–Crippen LogP) is 2.68. The summed E-state index contributed by atoms with van der Waals surface area (Å²) >= 11 is 0. The van der Waals surface area contributed by atoms with Crippen molar-refractivity contribution >= 4 is 6.09 Å². The molecule has 1 aromatic heterocycles. The van der Waals surface area contributed by atoms with E-state index in [-0.39, 0.29) is 5.82 Å². The number of pyridine rings is 1. The van der Waals surface area contributed by atoms with E-state index < -0.39 is 11.7 Å². The lowest BCUT2D eigenvalue weighted by Gasteiger charge is -2.19. The zero-order valence-electron chi connectivity index (χ0n) is 11.0. The fraction of sp³-hybridized carbons (Fsp3) is 0.538. The average Bonchev–Trinajstić information content (AvgIpc) is 2.24. The van der Waals surface area contributed by atoms with Crippen LogP contribution in [-0.4, -0.2) is 23.2 Å². The van der Waals surface area contributed by atoms with Crippen molar-refractivity contribution in [2.45, 2.75) is 39.2 Å². The van der Waals surface area contributed by atoms with Crippen LogP contribution >= 0.6 is 0 Å². The summed E-state index contributed by atoms with van der Waals surface area (Å²) in [6, 6.07) is 1.64. The highest BCUT2D eigenvalue weighted by Crippen LogP contribution is 2.08. The van der Waals surface area contributed by atoms with Gasteiger partial charge in [-0.2, -0.15) is 0 Å². The zero-order valence-corrected chi connectivity index (χ0v) is 11.0. The maximum atomic E-state index is 13.2. The number of rotatable bonds is 4. The number of amides is 1. The van der Waals surface area contributed by atoms with Crippen molar-refractivity contribution in [1.29, 1.82) is 0 Å². The first kappa shape index (κ1) is 14.4. The van der Waals surface area contributed by atoms with Crippen LogP contribution in [0.15, 0.2) is 18.5 Å². The fourth-order valence-corrected chi connectivity index (χ4v) is 1.39. The Morgan fingerprint density at radius 3 is 2.83 bits per heavy atom. The standard InChI is InChI=1S/C13H19FN2O2/c1-13(2,3)18-12(17)16-7-4-5-10-6-8-15-9-11(10)14/h6,8-9H,4-5,7H2,1-3H3,(H,16,17). The molecule has 0 aliphatic heterocycles. The van der Waals surface area contributed by atoms with E-state index in [0.29, 0.717) is 24.9 Å². The third-order valence-corrected chi connectivity index (χ3v) is 2.15. The number of hydrogen-bond donors (Lipinski definition) is 1. The minimum absolute atomic E-state index is 0.310. The number of carbonyl (C=O) groups excluding carboxylic acids is 1. The molecule has 0 fully saturated rings. The van der Waals surface area contributed by atoms with Crippen LogP contribution in [-0.2, 0) is 11.2 Å². The molecule has 0 saturated heterocycles. The molecular formula is C13H19FN2O2. The molecule has 1 amide bonds. The van der Waals surface area contributed by atoms with E-state index in [0.717, 1.165) is 0 Å². The Morgan fingerprint density at radius 2 is 2.22 bits per heavy atom. The molecule has 0 saturated carbocycles. The molecule has 0 spiro atoms. The van der Waals surface area contributed by atoms with Gasteiger partial charge in [-0.15, -0.1) is 0 Å². The van der Waals surface area contributed by atoms with Gasteiger partial charge in [0, 0.05) is 12.7 Å². The Labute approximate surface area is 107 Å². The van der Waals surface area contributed by atoms with Crippen molar-refractivity contribution in [3.05, 3.63) is 29.8 Å². The highest BCUT2D eigenvalue weighted by molar-refractivity contribution is 5.67. The topological polar surface area (TPSA) is 51.2 Å². The minimum atomic E-state index is -0.499. The van der Waals surface area contributed by atoms with Crippen LogP contribution in [0.5, 0.6) is 0 Å². The van der Waals surface area contributed by atoms with Crippen molar-refractivity contribution in [2.24, 2.45) is 0 Å². The van der Waals surface area contributed by atoms with Gasteiger partial charge in [0.2, 0.25) is 0 Å². The molecule has 5 heteroatoms. The van der Waals surface area contributed by atoms with Crippen LogP contribution in [0.25, 0.3) is 0 Å². The Morgan fingerprint density at radius 1 is 1.50 bits per heavy atom. The normalized spacial score (nSPS) is 11.1. The second-order valence-corrected chi connectivity index (χ2v) is 5.00. The van der Waals surface area contributed by atoms with Gasteiger partial charge in [0.05, 0.1) is 6.20 Å². The molecule has 0 unspecified atom stereocenters. The van der Waals surface area contributed by atoms with Crippen molar-refractivity contribution < 1.29 is 13.9 Å². The summed E-state index contributed by atoms with van der Waals surface area (Å²) in [5, 5.41) is 2.63. The second-order valence-electron chi connectivity index (χ2n) is 5.00. The number of nitrogens with one attached hydrogen (secondary N) is 1. The van der Waals surface area contributed by atoms with E-state index in [2.05, 4.69) is 10.3 Å². The van der Waals surface area contributed by atoms with Crippen LogP contribution in [0.3, 0.4) is 0 Å². The number of alkyl carbamates (subject to hydrolysis) is 1. The Kier molecular flexibility index (Phi) is 5.07. The van der Waals surface area contributed by atoms with Gasteiger partial charge in [0.1, 0.15) is 11.4 Å². The molecule has 0 aliphatic carbocycles. The molecule has 0 radical (unpaired) electrons. The summed E-state index contributed by atoms with van der Waals surface area (Å²) in [6.07, 6.45) is 3.51. The third kappa shape index (κ3) is 5.61. The molecule has 18 heavy (non-hydrogen) atoms. The lowest BCUT2D eigenvalue weighted by molar-refractivity contribution is 0.0527. The summed E-state index contributed by atoms with van der Waals surface area (Å²) in [6.45, 7) is 5.87. The first-order chi connectivity index (χ1) is 8.38. The molecule has 1 rings (SSSR count). The van der Waals surface area contributed by atoms with Crippen LogP contribution < -0.4 is 5.32 Å². The lowest BCUT2D eigenvalue weighted by atomic mass is 10.1. The first-order valence-electron chi connectivity index (χ1n) is 5.94. The van der Waals surface area contributed by atoms with E-state index in [1.807, 2.05) is 0 Å². The highest BCUT2D eigenvalue weighted by Gasteiger charge is 2.15. The molecule has 0 aromatic carbocycles. The highest BCUT2D eigenvalue weighted by atomic mass is 19.1. The molecule has 0 aliphatic rings. The predicted molar refractivity (Wildman–Crippen MR) is 66.8 cm³/mol. The Bertz CT molecular complexity index is 402. The average molecular weight is 254 g/mol. The fourth-order valence-electron chi connectivity index (χ4n) is 1.39. The molecule has 100 valence electrons. The Hall–Kier alpha value is -1.65. The molecule has 0 bridgehead atoms. The van der Waals surface area contributed by atoms with Crippen LogP contribution in [0.1, 0.15) is 32.8 Å². The van der Waals surface area contributed by atoms with E-state index in [1.54, 1.807) is 33.0 Å². The van der Waals surface area contributed by atoms with Gasteiger partial charge in [-0.25, -0.2) is 9.18 Å². The van der Waals surface area contributed by atoms with Gasteiger partial charge in [-0.3, -0.25) is 4.98 Å². The van der Waals surface area contributed by atoms with E-state index in [4.69, 9.17) is 4.74 Å². The molecular weight excluding hydrogens is 235 g/mol. The van der Waals surface area contributed by atoms with Gasteiger partial charge < -0.3 is 10.1 Å². The van der Waals surface area contributed by atoms with Gasteiger partial charge in [-0.1, -0.05) is 0 Å². The van der Waals surface area contributed by atoms with Crippen LogP contribution in [0.4, 0.5) is 9.18 Å². The molecule has 1 heterocycles. The number of nitrogens with zero attached hydrogens (tertiary/aromatic N) is 1. The number of hydrogen-bond acceptors (Lipinski definition) is 3. The van der Waals surface area contributed by atoms with Crippen LogP contribution in [0.2, 0.25) is 0 Å². The van der Waals surface area contributed by atoms with Crippen molar-refractivity contribution in [3.63, 3.8) is 0 Å². The smallest absolute Gasteiger partial charge is 0.407 e. The summed E-state index contributed by atoms with van der Waals surface area (Å²) in [5.41, 5.74) is 0.109. The van der Waals surface area contributed by atoms with E-state index in [1.165, 1.54) is 6.20 Å². The minimum Gasteiger partial charge on any atom is -0.444 e. The number of aromatic nitrogens is 1. The van der Waals surface area contributed by atoms with E-state index >= 15 is 0 Å². The van der Waals surface area contributed by atoms with Gasteiger partial charge in [0.15, 0.2) is 0 Å². The molecule has 1 aromatic rings. The van der Waals surface area contributed by atoms with Crippen LogP contribution in [0, 0.1) is 5.82 Å². The second kappa shape index (κ2) is 6.33. The zero-order chi connectivity index (χ0) is 13.6.